The zero-order chi connectivity index (χ0) is 16.0. The van der Waals surface area contributed by atoms with Crippen LogP contribution in [0.25, 0.3) is 0 Å². The summed E-state index contributed by atoms with van der Waals surface area (Å²) in [6.45, 7) is 6.88. The second kappa shape index (κ2) is 7.22. The summed E-state index contributed by atoms with van der Waals surface area (Å²) in [5, 5.41) is 5.52. The van der Waals surface area contributed by atoms with Gasteiger partial charge in [-0.3, -0.25) is 14.5 Å². The molecule has 0 aliphatic heterocycles. The molecule has 5 nitrogen and oxygen atoms in total. The highest BCUT2D eigenvalue weighted by Gasteiger charge is 2.15. The van der Waals surface area contributed by atoms with Crippen LogP contribution in [0.1, 0.15) is 36.7 Å². The first-order chi connectivity index (χ1) is 9.71. The van der Waals surface area contributed by atoms with Crippen molar-refractivity contribution in [1.29, 1.82) is 0 Å². The van der Waals surface area contributed by atoms with E-state index in [1.807, 2.05) is 44.9 Å². The first-order valence-electron chi connectivity index (χ1n) is 7.02. The largest absolute Gasteiger partial charge is 0.355 e. The number of carbonyl (C=O) groups excluding carboxylic acids is 2. The fourth-order valence-electron chi connectivity index (χ4n) is 1.98. The number of carbonyl (C=O) groups is 2. The van der Waals surface area contributed by atoms with Crippen molar-refractivity contribution < 1.29 is 9.59 Å². The van der Waals surface area contributed by atoms with Crippen LogP contribution in [0.3, 0.4) is 0 Å². The molecule has 0 aromatic heterocycles. The second-order valence-electron chi connectivity index (χ2n) is 6.25. The van der Waals surface area contributed by atoms with Crippen molar-refractivity contribution in [2.75, 3.05) is 20.6 Å². The lowest BCUT2D eigenvalue weighted by molar-refractivity contribution is -0.123. The molecule has 2 amide bonds. The van der Waals surface area contributed by atoms with E-state index in [1.165, 1.54) is 0 Å². The summed E-state index contributed by atoms with van der Waals surface area (Å²) in [5.41, 5.74) is 1.48. The van der Waals surface area contributed by atoms with Gasteiger partial charge in [-0.1, -0.05) is 12.1 Å². The number of hydrogen-bond acceptors (Lipinski definition) is 3. The lowest BCUT2D eigenvalue weighted by Crippen LogP contribution is -2.45. The molecule has 0 bridgehead atoms. The molecule has 1 aromatic carbocycles. The number of nitrogens with zero attached hydrogens (tertiary/aromatic N) is 1. The minimum absolute atomic E-state index is 0.00646. The first kappa shape index (κ1) is 17.2. The van der Waals surface area contributed by atoms with Crippen LogP contribution in [0.4, 0.5) is 0 Å². The number of rotatable bonds is 5. The lowest BCUT2D eigenvalue weighted by atomic mass is 10.1. The Hall–Kier alpha value is -1.88. The van der Waals surface area contributed by atoms with Crippen molar-refractivity contribution in [3.8, 4) is 0 Å². The van der Waals surface area contributed by atoms with Crippen LogP contribution in [0.5, 0.6) is 0 Å². The third-order valence-electron chi connectivity index (χ3n) is 2.82. The maximum atomic E-state index is 11.8. The molecule has 0 atom stereocenters. The van der Waals surface area contributed by atoms with E-state index >= 15 is 0 Å². The molecule has 2 N–H and O–H groups in total. The second-order valence-corrected chi connectivity index (χ2v) is 6.25. The summed E-state index contributed by atoms with van der Waals surface area (Å²) >= 11 is 0. The van der Waals surface area contributed by atoms with Gasteiger partial charge < -0.3 is 10.6 Å². The van der Waals surface area contributed by atoms with Gasteiger partial charge in [0.25, 0.3) is 5.91 Å². The summed E-state index contributed by atoms with van der Waals surface area (Å²) < 4.78 is 0. The van der Waals surface area contributed by atoms with E-state index in [1.54, 1.807) is 19.2 Å². The molecule has 5 heteroatoms. The molecule has 116 valence electrons. The normalized spacial score (nSPS) is 11.3. The Balaban J connectivity index is 2.53. The van der Waals surface area contributed by atoms with Crippen LogP contribution in [-0.4, -0.2) is 42.9 Å². The molecule has 0 saturated heterocycles. The third-order valence-corrected chi connectivity index (χ3v) is 2.82. The van der Waals surface area contributed by atoms with E-state index in [2.05, 4.69) is 10.6 Å². The zero-order valence-electron chi connectivity index (χ0n) is 13.5. The molecule has 0 aliphatic rings. The SMILES string of the molecule is CNC(=O)c1ccc(CN(C)CC(=O)NC(C)(C)C)cc1. The Labute approximate surface area is 126 Å². The molecule has 1 aromatic rings. The van der Waals surface area contributed by atoms with E-state index in [0.717, 1.165) is 5.56 Å². The van der Waals surface area contributed by atoms with Crippen molar-refractivity contribution in [3.63, 3.8) is 0 Å². The van der Waals surface area contributed by atoms with Crippen LogP contribution in [0.2, 0.25) is 0 Å². The summed E-state index contributed by atoms with van der Waals surface area (Å²) in [6.07, 6.45) is 0. The predicted octanol–water partition coefficient (Wildman–Crippen LogP) is 1.39. The summed E-state index contributed by atoms with van der Waals surface area (Å²) in [4.78, 5) is 25.2. The highest BCUT2D eigenvalue weighted by Crippen LogP contribution is 2.07. The Morgan fingerprint density at radius 2 is 1.71 bits per heavy atom. The van der Waals surface area contributed by atoms with Gasteiger partial charge in [0.05, 0.1) is 6.54 Å². The molecule has 0 fully saturated rings. The smallest absolute Gasteiger partial charge is 0.251 e. The average molecular weight is 291 g/mol. The van der Waals surface area contributed by atoms with Gasteiger partial charge in [-0.25, -0.2) is 0 Å². The molecule has 0 heterocycles. The van der Waals surface area contributed by atoms with E-state index in [-0.39, 0.29) is 17.4 Å². The van der Waals surface area contributed by atoms with Gasteiger partial charge in [-0.05, 0) is 45.5 Å². The van der Waals surface area contributed by atoms with Gasteiger partial charge in [0.15, 0.2) is 0 Å². The molecule has 0 spiro atoms. The van der Waals surface area contributed by atoms with Crippen LogP contribution in [0, 0.1) is 0 Å². The molecular weight excluding hydrogens is 266 g/mol. The topological polar surface area (TPSA) is 61.4 Å². The third kappa shape index (κ3) is 6.40. The van der Waals surface area contributed by atoms with Crippen molar-refractivity contribution in [1.82, 2.24) is 15.5 Å². The van der Waals surface area contributed by atoms with E-state index < -0.39 is 0 Å². The lowest BCUT2D eigenvalue weighted by Gasteiger charge is -2.23. The van der Waals surface area contributed by atoms with Crippen LogP contribution >= 0.6 is 0 Å². The maximum Gasteiger partial charge on any atom is 0.251 e. The summed E-state index contributed by atoms with van der Waals surface area (Å²) in [5.74, 6) is -0.0913. The van der Waals surface area contributed by atoms with Crippen molar-refractivity contribution in [3.05, 3.63) is 35.4 Å². The fraction of sp³-hybridized carbons (Fsp3) is 0.500. The molecular formula is C16H25N3O2. The monoisotopic (exact) mass is 291 g/mol. The van der Waals surface area contributed by atoms with Gasteiger partial charge in [0.2, 0.25) is 5.91 Å². The number of likely N-dealkylation sites (N-methyl/N-ethyl adjacent to an activating group) is 1. The standard InChI is InChI=1S/C16H25N3O2/c1-16(2,3)18-14(20)11-19(5)10-12-6-8-13(9-7-12)15(21)17-4/h6-9H,10-11H2,1-5H3,(H,17,21)(H,18,20). The number of amides is 2. The highest BCUT2D eigenvalue weighted by atomic mass is 16.2. The van der Waals surface area contributed by atoms with Crippen molar-refractivity contribution in [2.45, 2.75) is 32.9 Å². The van der Waals surface area contributed by atoms with Crippen LogP contribution < -0.4 is 10.6 Å². The van der Waals surface area contributed by atoms with Crippen LogP contribution in [0.15, 0.2) is 24.3 Å². The van der Waals surface area contributed by atoms with E-state index in [0.29, 0.717) is 18.7 Å². The number of nitrogens with one attached hydrogen (secondary N) is 2. The Bertz CT molecular complexity index is 489. The first-order valence-corrected chi connectivity index (χ1v) is 7.02. The minimum Gasteiger partial charge on any atom is -0.355 e. The summed E-state index contributed by atoms with van der Waals surface area (Å²) in [6, 6.07) is 7.39. The van der Waals surface area contributed by atoms with Crippen molar-refractivity contribution >= 4 is 11.8 Å². The molecule has 0 unspecified atom stereocenters. The highest BCUT2D eigenvalue weighted by molar-refractivity contribution is 5.93. The van der Waals surface area contributed by atoms with Gasteiger partial charge in [-0.15, -0.1) is 0 Å². The predicted molar refractivity (Wildman–Crippen MR) is 84.1 cm³/mol. The number of benzene rings is 1. The van der Waals surface area contributed by atoms with Gasteiger partial charge >= 0.3 is 0 Å². The zero-order valence-corrected chi connectivity index (χ0v) is 13.5. The number of hydrogen-bond donors (Lipinski definition) is 2. The van der Waals surface area contributed by atoms with E-state index in [4.69, 9.17) is 0 Å². The quantitative estimate of drug-likeness (QED) is 0.862. The molecule has 0 saturated carbocycles. The van der Waals surface area contributed by atoms with Gasteiger partial charge in [0, 0.05) is 24.7 Å². The molecule has 21 heavy (non-hydrogen) atoms. The molecule has 1 rings (SSSR count). The van der Waals surface area contributed by atoms with Gasteiger partial charge in [-0.2, -0.15) is 0 Å². The Morgan fingerprint density at radius 1 is 1.14 bits per heavy atom. The molecule has 0 aliphatic carbocycles. The van der Waals surface area contributed by atoms with Gasteiger partial charge in [0.1, 0.15) is 0 Å². The minimum atomic E-state index is -0.215. The average Bonchev–Trinajstić information content (AvgIpc) is 2.36. The fourth-order valence-corrected chi connectivity index (χ4v) is 1.98. The van der Waals surface area contributed by atoms with Crippen LogP contribution in [-0.2, 0) is 11.3 Å². The Morgan fingerprint density at radius 3 is 2.19 bits per heavy atom. The van der Waals surface area contributed by atoms with Crippen molar-refractivity contribution in [2.24, 2.45) is 0 Å². The maximum absolute atomic E-state index is 11.8. The van der Waals surface area contributed by atoms with E-state index in [9.17, 15) is 9.59 Å². The molecule has 0 radical (unpaired) electrons. The Kier molecular flexibility index (Phi) is 5.90. The summed E-state index contributed by atoms with van der Waals surface area (Å²) in [7, 11) is 3.51.